The van der Waals surface area contributed by atoms with Gasteiger partial charge in [-0.1, -0.05) is 54.6 Å². The maximum absolute atomic E-state index is 2.37. The molecule has 0 aliphatic rings. The molecular formula is C18H18S. The molecule has 0 amide bonds. The highest BCUT2D eigenvalue weighted by Crippen LogP contribution is 2.29. The lowest BCUT2D eigenvalue weighted by molar-refractivity contribution is 0.944. The minimum Gasteiger partial charge on any atom is -0.165 e. The minimum absolute atomic E-state index is 1.17. The van der Waals surface area contributed by atoms with Crippen LogP contribution in [0.2, 0.25) is 0 Å². The van der Waals surface area contributed by atoms with E-state index in [9.17, 15) is 0 Å². The zero-order chi connectivity index (χ0) is 13.1. The van der Waals surface area contributed by atoms with Gasteiger partial charge in [-0.25, -0.2) is 0 Å². The van der Waals surface area contributed by atoms with Crippen LogP contribution in [0.4, 0.5) is 0 Å². The SMILES string of the molecule is CSCCCc1cc2ccccc2c2ccccc12. The molecule has 0 bridgehead atoms. The Labute approximate surface area is 118 Å². The molecule has 0 nitrogen and oxygen atoms in total. The van der Waals surface area contributed by atoms with Crippen molar-refractivity contribution >= 4 is 33.3 Å². The standard InChI is InChI=1S/C18H18S/c1-19-12-6-8-15-13-14-7-2-3-9-16(14)18-11-5-4-10-17(15)18/h2-5,7,9-11,13H,6,8,12H2,1H3. The third-order valence-corrected chi connectivity index (χ3v) is 4.35. The quantitative estimate of drug-likeness (QED) is 0.457. The Hall–Kier alpha value is -1.47. The summed E-state index contributed by atoms with van der Waals surface area (Å²) < 4.78 is 0. The fourth-order valence-corrected chi connectivity index (χ4v) is 3.18. The predicted molar refractivity (Wildman–Crippen MR) is 88.2 cm³/mol. The van der Waals surface area contributed by atoms with Crippen molar-refractivity contribution in [1.82, 2.24) is 0 Å². The molecule has 1 heteroatoms. The van der Waals surface area contributed by atoms with Crippen LogP contribution in [0.15, 0.2) is 54.6 Å². The van der Waals surface area contributed by atoms with Gasteiger partial charge in [0.15, 0.2) is 0 Å². The summed E-state index contributed by atoms with van der Waals surface area (Å²) in [5.74, 6) is 1.24. The van der Waals surface area contributed by atoms with Gasteiger partial charge in [-0.3, -0.25) is 0 Å². The topological polar surface area (TPSA) is 0 Å². The molecule has 0 atom stereocenters. The van der Waals surface area contributed by atoms with E-state index in [0.717, 1.165) is 0 Å². The number of thioether (sulfide) groups is 1. The molecule has 0 N–H and O–H groups in total. The van der Waals surface area contributed by atoms with Gasteiger partial charge >= 0.3 is 0 Å². The Morgan fingerprint density at radius 2 is 1.53 bits per heavy atom. The van der Waals surface area contributed by atoms with Gasteiger partial charge in [0.25, 0.3) is 0 Å². The van der Waals surface area contributed by atoms with Crippen LogP contribution in [0.5, 0.6) is 0 Å². The van der Waals surface area contributed by atoms with Crippen molar-refractivity contribution in [1.29, 1.82) is 0 Å². The highest BCUT2D eigenvalue weighted by molar-refractivity contribution is 7.98. The molecule has 0 aliphatic carbocycles. The number of rotatable bonds is 4. The van der Waals surface area contributed by atoms with Gasteiger partial charge in [-0.05, 0) is 52.0 Å². The Morgan fingerprint density at radius 3 is 2.32 bits per heavy atom. The maximum atomic E-state index is 2.37. The second-order valence-corrected chi connectivity index (χ2v) is 5.88. The van der Waals surface area contributed by atoms with E-state index in [1.165, 1.54) is 45.7 Å². The molecule has 3 aromatic rings. The summed E-state index contributed by atoms with van der Waals surface area (Å²) in [5, 5.41) is 5.54. The van der Waals surface area contributed by atoms with Crippen molar-refractivity contribution in [3.8, 4) is 0 Å². The smallest absolute Gasteiger partial charge is 0.00671 e. The van der Waals surface area contributed by atoms with Crippen molar-refractivity contribution in [2.24, 2.45) is 0 Å². The summed E-state index contributed by atoms with van der Waals surface area (Å²) in [7, 11) is 0. The Bertz CT molecular complexity index is 700. The van der Waals surface area contributed by atoms with Gasteiger partial charge in [-0.15, -0.1) is 0 Å². The van der Waals surface area contributed by atoms with Crippen LogP contribution < -0.4 is 0 Å². The molecule has 0 aliphatic heterocycles. The Kier molecular flexibility index (Phi) is 3.74. The third-order valence-electron chi connectivity index (χ3n) is 3.65. The van der Waals surface area contributed by atoms with Gasteiger partial charge in [-0.2, -0.15) is 11.8 Å². The molecule has 19 heavy (non-hydrogen) atoms. The molecule has 0 saturated carbocycles. The van der Waals surface area contributed by atoms with Crippen LogP contribution in [0, 0.1) is 0 Å². The molecule has 3 rings (SSSR count). The van der Waals surface area contributed by atoms with E-state index < -0.39 is 0 Å². The van der Waals surface area contributed by atoms with Crippen molar-refractivity contribution in [2.75, 3.05) is 12.0 Å². The lowest BCUT2D eigenvalue weighted by Crippen LogP contribution is -1.91. The average molecular weight is 266 g/mol. The fraction of sp³-hybridized carbons (Fsp3) is 0.222. The second-order valence-electron chi connectivity index (χ2n) is 4.90. The number of hydrogen-bond acceptors (Lipinski definition) is 1. The highest BCUT2D eigenvalue weighted by Gasteiger charge is 2.05. The van der Waals surface area contributed by atoms with Crippen molar-refractivity contribution in [3.05, 3.63) is 60.2 Å². The average Bonchev–Trinajstić information content (AvgIpc) is 2.47. The van der Waals surface area contributed by atoms with Crippen molar-refractivity contribution in [3.63, 3.8) is 0 Å². The maximum Gasteiger partial charge on any atom is -0.00671 e. The zero-order valence-electron chi connectivity index (χ0n) is 11.2. The summed E-state index contributed by atoms with van der Waals surface area (Å²) in [6, 6.07) is 19.9. The lowest BCUT2D eigenvalue weighted by Gasteiger charge is -2.10. The summed E-state index contributed by atoms with van der Waals surface area (Å²) in [4.78, 5) is 0. The monoisotopic (exact) mass is 266 g/mol. The van der Waals surface area contributed by atoms with Crippen LogP contribution in [0.25, 0.3) is 21.5 Å². The van der Waals surface area contributed by atoms with Crippen LogP contribution >= 0.6 is 11.8 Å². The van der Waals surface area contributed by atoms with Crippen LogP contribution in [0.3, 0.4) is 0 Å². The molecule has 0 radical (unpaired) electrons. The van der Waals surface area contributed by atoms with Crippen LogP contribution in [0.1, 0.15) is 12.0 Å². The summed E-state index contributed by atoms with van der Waals surface area (Å²) >= 11 is 1.93. The molecular weight excluding hydrogens is 248 g/mol. The molecule has 0 fully saturated rings. The Balaban J connectivity index is 2.18. The van der Waals surface area contributed by atoms with E-state index in [4.69, 9.17) is 0 Å². The minimum atomic E-state index is 1.17. The Morgan fingerprint density at radius 1 is 0.842 bits per heavy atom. The molecule has 0 spiro atoms. The molecule has 0 aromatic heterocycles. The predicted octanol–water partition coefficient (Wildman–Crippen LogP) is 5.29. The molecule has 0 saturated heterocycles. The first-order valence-corrected chi connectivity index (χ1v) is 8.18. The molecule has 3 aromatic carbocycles. The number of fused-ring (bicyclic) bond motifs is 3. The van der Waals surface area contributed by atoms with Gasteiger partial charge in [0.1, 0.15) is 0 Å². The van der Waals surface area contributed by atoms with E-state index in [1.807, 2.05) is 11.8 Å². The van der Waals surface area contributed by atoms with E-state index in [2.05, 4.69) is 60.9 Å². The van der Waals surface area contributed by atoms with E-state index in [0.29, 0.717) is 0 Å². The van der Waals surface area contributed by atoms with Crippen LogP contribution in [-0.2, 0) is 6.42 Å². The van der Waals surface area contributed by atoms with Gasteiger partial charge in [0.05, 0.1) is 0 Å². The summed E-state index contributed by atoms with van der Waals surface area (Å²) in [6.07, 6.45) is 4.61. The largest absolute Gasteiger partial charge is 0.165 e. The van der Waals surface area contributed by atoms with E-state index in [-0.39, 0.29) is 0 Å². The van der Waals surface area contributed by atoms with Crippen molar-refractivity contribution < 1.29 is 0 Å². The number of hydrogen-bond donors (Lipinski definition) is 0. The number of benzene rings is 3. The molecule has 0 heterocycles. The summed E-state index contributed by atoms with van der Waals surface area (Å²) in [6.45, 7) is 0. The van der Waals surface area contributed by atoms with Crippen LogP contribution in [-0.4, -0.2) is 12.0 Å². The van der Waals surface area contributed by atoms with Crippen molar-refractivity contribution in [2.45, 2.75) is 12.8 Å². The molecule has 96 valence electrons. The first-order valence-electron chi connectivity index (χ1n) is 6.78. The molecule has 0 unspecified atom stereocenters. The third kappa shape index (κ3) is 2.48. The first-order chi connectivity index (χ1) is 9.40. The normalized spacial score (nSPS) is 11.2. The lowest BCUT2D eigenvalue weighted by atomic mass is 9.95. The second kappa shape index (κ2) is 5.66. The van der Waals surface area contributed by atoms with E-state index >= 15 is 0 Å². The first kappa shape index (κ1) is 12.6. The van der Waals surface area contributed by atoms with Gasteiger partial charge < -0.3 is 0 Å². The number of aryl methyl sites for hydroxylation is 1. The zero-order valence-corrected chi connectivity index (χ0v) is 12.0. The van der Waals surface area contributed by atoms with Gasteiger partial charge in [0.2, 0.25) is 0 Å². The fourth-order valence-electron chi connectivity index (χ4n) is 2.75. The summed E-state index contributed by atoms with van der Waals surface area (Å²) in [5.41, 5.74) is 1.49. The highest BCUT2D eigenvalue weighted by atomic mass is 32.2. The van der Waals surface area contributed by atoms with E-state index in [1.54, 1.807) is 0 Å². The van der Waals surface area contributed by atoms with Gasteiger partial charge in [0, 0.05) is 0 Å².